The molecule has 0 aliphatic carbocycles. The summed E-state index contributed by atoms with van der Waals surface area (Å²) >= 11 is 0. The smallest absolute Gasteiger partial charge is 0.409 e. The van der Waals surface area contributed by atoms with Crippen LogP contribution in [-0.2, 0) is 24.2 Å². The summed E-state index contributed by atoms with van der Waals surface area (Å²) < 4.78 is 18.3. The summed E-state index contributed by atoms with van der Waals surface area (Å²) in [5.41, 5.74) is 4.88. The number of halogens is 1. The molecule has 0 bridgehead atoms. The molecule has 0 N–H and O–H groups in total. The molecule has 0 aromatic heterocycles. The fraction of sp³-hybridized carbons (Fsp3) is 0.345. The van der Waals surface area contributed by atoms with E-state index >= 15 is 0 Å². The monoisotopic (exact) mass is 460 g/mol. The Bertz CT molecular complexity index is 1050. The summed E-state index contributed by atoms with van der Waals surface area (Å²) in [5.74, 6) is 0.276. The van der Waals surface area contributed by atoms with Gasteiger partial charge in [0.2, 0.25) is 0 Å². The molecule has 1 saturated heterocycles. The highest BCUT2D eigenvalue weighted by Crippen LogP contribution is 2.31. The SMILES string of the molecule is COC(=O)N(CCc1ccccc1)Cc1ccccc1C1CCN(Cc2ccc(F)cc2)CC1. The molecule has 3 aromatic carbocycles. The third kappa shape index (κ3) is 6.45. The summed E-state index contributed by atoms with van der Waals surface area (Å²) in [7, 11) is 1.45. The number of hydrogen-bond acceptors (Lipinski definition) is 3. The van der Waals surface area contributed by atoms with Crippen LogP contribution in [0.2, 0.25) is 0 Å². The van der Waals surface area contributed by atoms with E-state index in [0.717, 1.165) is 44.5 Å². The lowest BCUT2D eigenvalue weighted by molar-refractivity contribution is 0.121. The van der Waals surface area contributed by atoms with Crippen LogP contribution in [0.3, 0.4) is 0 Å². The molecule has 0 unspecified atom stereocenters. The van der Waals surface area contributed by atoms with E-state index in [1.165, 1.54) is 35.9 Å². The summed E-state index contributed by atoms with van der Waals surface area (Å²) in [6.45, 7) is 4.02. The van der Waals surface area contributed by atoms with Gasteiger partial charge in [0.1, 0.15) is 5.82 Å². The van der Waals surface area contributed by atoms with E-state index in [1.54, 1.807) is 4.90 Å². The highest BCUT2D eigenvalue weighted by molar-refractivity contribution is 5.67. The van der Waals surface area contributed by atoms with Gasteiger partial charge in [-0.25, -0.2) is 9.18 Å². The predicted molar refractivity (Wildman–Crippen MR) is 133 cm³/mol. The normalized spacial score (nSPS) is 14.6. The van der Waals surface area contributed by atoms with Gasteiger partial charge in [0.05, 0.1) is 7.11 Å². The van der Waals surface area contributed by atoms with Crippen LogP contribution < -0.4 is 0 Å². The second-order valence-electron chi connectivity index (χ2n) is 9.00. The third-order valence-corrected chi connectivity index (χ3v) is 6.71. The first-order chi connectivity index (χ1) is 16.6. The maximum Gasteiger partial charge on any atom is 0.409 e. The van der Waals surface area contributed by atoms with Gasteiger partial charge < -0.3 is 9.64 Å². The van der Waals surface area contributed by atoms with Crippen LogP contribution in [-0.4, -0.2) is 42.6 Å². The molecule has 1 fully saturated rings. The van der Waals surface area contributed by atoms with Gasteiger partial charge in [-0.1, -0.05) is 66.7 Å². The summed E-state index contributed by atoms with van der Waals surface area (Å²) in [5, 5.41) is 0. The molecule has 34 heavy (non-hydrogen) atoms. The van der Waals surface area contributed by atoms with Crippen LogP contribution in [0.1, 0.15) is 41.0 Å². The van der Waals surface area contributed by atoms with Gasteiger partial charge >= 0.3 is 6.09 Å². The molecule has 0 spiro atoms. The Morgan fingerprint density at radius 1 is 0.941 bits per heavy atom. The lowest BCUT2D eigenvalue weighted by Crippen LogP contribution is -2.34. The fourth-order valence-electron chi connectivity index (χ4n) is 4.80. The second kappa shape index (κ2) is 11.8. The van der Waals surface area contributed by atoms with E-state index in [-0.39, 0.29) is 11.9 Å². The quantitative estimate of drug-likeness (QED) is 0.412. The second-order valence-corrected chi connectivity index (χ2v) is 9.00. The standard InChI is InChI=1S/C29H33FN2O2/c1-34-29(33)32(20-15-23-7-3-2-4-8-23)22-26-9-5-6-10-28(26)25-16-18-31(19-17-25)21-24-11-13-27(30)14-12-24/h2-14,25H,15-22H2,1H3. The molecule has 5 heteroatoms. The minimum absolute atomic E-state index is 0.191. The Morgan fingerprint density at radius 2 is 1.62 bits per heavy atom. The summed E-state index contributed by atoms with van der Waals surface area (Å²) in [4.78, 5) is 16.8. The zero-order valence-corrected chi connectivity index (χ0v) is 19.8. The zero-order valence-electron chi connectivity index (χ0n) is 19.8. The lowest BCUT2D eigenvalue weighted by atomic mass is 9.86. The Morgan fingerprint density at radius 3 is 2.32 bits per heavy atom. The maximum absolute atomic E-state index is 13.2. The first-order valence-electron chi connectivity index (χ1n) is 12.0. The molecule has 0 saturated carbocycles. The van der Waals surface area contributed by atoms with Gasteiger partial charge in [-0.05, 0) is 72.7 Å². The van der Waals surface area contributed by atoms with Crippen molar-refractivity contribution in [1.82, 2.24) is 9.80 Å². The van der Waals surface area contributed by atoms with Crippen LogP contribution in [0.25, 0.3) is 0 Å². The van der Waals surface area contributed by atoms with Crippen molar-refractivity contribution in [2.45, 2.75) is 38.3 Å². The molecule has 1 aliphatic rings. The van der Waals surface area contributed by atoms with E-state index < -0.39 is 0 Å². The Balaban J connectivity index is 1.39. The van der Waals surface area contributed by atoms with E-state index in [1.807, 2.05) is 30.3 Å². The molecule has 1 amide bonds. The minimum Gasteiger partial charge on any atom is -0.453 e. The van der Waals surface area contributed by atoms with Crippen LogP contribution >= 0.6 is 0 Å². The number of ether oxygens (including phenoxy) is 1. The van der Waals surface area contributed by atoms with Crippen molar-refractivity contribution in [1.29, 1.82) is 0 Å². The number of carbonyl (C=O) groups is 1. The van der Waals surface area contributed by atoms with Crippen LogP contribution in [0.15, 0.2) is 78.9 Å². The highest BCUT2D eigenvalue weighted by atomic mass is 19.1. The van der Waals surface area contributed by atoms with Gasteiger partial charge in [0.15, 0.2) is 0 Å². The zero-order chi connectivity index (χ0) is 23.8. The van der Waals surface area contributed by atoms with Gasteiger partial charge in [-0.2, -0.15) is 0 Å². The fourth-order valence-corrected chi connectivity index (χ4v) is 4.80. The first-order valence-corrected chi connectivity index (χ1v) is 12.0. The van der Waals surface area contributed by atoms with E-state index in [9.17, 15) is 9.18 Å². The molecule has 1 heterocycles. The van der Waals surface area contributed by atoms with Crippen molar-refractivity contribution < 1.29 is 13.9 Å². The molecule has 1 aliphatic heterocycles. The molecule has 3 aromatic rings. The van der Waals surface area contributed by atoms with Crippen molar-refractivity contribution in [3.63, 3.8) is 0 Å². The number of benzene rings is 3. The third-order valence-electron chi connectivity index (χ3n) is 6.71. The van der Waals surface area contributed by atoms with Crippen LogP contribution in [0.4, 0.5) is 9.18 Å². The van der Waals surface area contributed by atoms with Gasteiger partial charge in [0, 0.05) is 19.6 Å². The first kappa shape index (κ1) is 24.0. The van der Waals surface area contributed by atoms with Gasteiger partial charge in [0.25, 0.3) is 0 Å². The van der Waals surface area contributed by atoms with E-state index in [4.69, 9.17) is 4.74 Å². The molecule has 0 atom stereocenters. The molecule has 4 rings (SSSR count). The Kier molecular flexibility index (Phi) is 8.31. The van der Waals surface area contributed by atoms with Crippen molar-refractivity contribution in [3.05, 3.63) is 107 Å². The number of rotatable bonds is 8. The topological polar surface area (TPSA) is 32.8 Å². The van der Waals surface area contributed by atoms with Crippen molar-refractivity contribution in [3.8, 4) is 0 Å². The van der Waals surface area contributed by atoms with Gasteiger partial charge in [-0.3, -0.25) is 4.90 Å². The number of methoxy groups -OCH3 is 1. The van der Waals surface area contributed by atoms with Crippen molar-refractivity contribution >= 4 is 6.09 Å². The molecule has 0 radical (unpaired) electrons. The summed E-state index contributed by atoms with van der Waals surface area (Å²) in [6.07, 6.45) is 2.64. The number of nitrogens with zero attached hydrogens (tertiary/aromatic N) is 2. The molecule has 178 valence electrons. The number of amides is 1. The van der Waals surface area contributed by atoms with Crippen molar-refractivity contribution in [2.24, 2.45) is 0 Å². The summed E-state index contributed by atoms with van der Waals surface area (Å²) in [6, 6.07) is 25.5. The average Bonchev–Trinajstić information content (AvgIpc) is 2.89. The van der Waals surface area contributed by atoms with E-state index in [2.05, 4.69) is 41.3 Å². The largest absolute Gasteiger partial charge is 0.453 e. The molecular formula is C29H33FN2O2. The number of carbonyl (C=O) groups excluding carboxylic acids is 1. The minimum atomic E-state index is -0.292. The maximum atomic E-state index is 13.2. The number of hydrogen-bond donors (Lipinski definition) is 0. The van der Waals surface area contributed by atoms with Crippen molar-refractivity contribution in [2.75, 3.05) is 26.7 Å². The molecule has 4 nitrogen and oxygen atoms in total. The number of piperidine rings is 1. The molecular weight excluding hydrogens is 427 g/mol. The highest BCUT2D eigenvalue weighted by Gasteiger charge is 2.24. The Hall–Kier alpha value is -3.18. The predicted octanol–water partition coefficient (Wildman–Crippen LogP) is 6.02. The van der Waals surface area contributed by atoms with Crippen LogP contribution in [0.5, 0.6) is 0 Å². The van der Waals surface area contributed by atoms with Gasteiger partial charge in [-0.15, -0.1) is 0 Å². The number of likely N-dealkylation sites (tertiary alicyclic amines) is 1. The Labute approximate surface area is 202 Å². The average molecular weight is 461 g/mol. The lowest BCUT2D eigenvalue weighted by Gasteiger charge is -2.33. The van der Waals surface area contributed by atoms with E-state index in [0.29, 0.717) is 19.0 Å². The van der Waals surface area contributed by atoms with Crippen LogP contribution in [0, 0.1) is 5.82 Å².